The summed E-state index contributed by atoms with van der Waals surface area (Å²) in [6, 6.07) is 32.1. The number of furan rings is 1. The lowest BCUT2D eigenvalue weighted by molar-refractivity contribution is 0.602. The van der Waals surface area contributed by atoms with E-state index in [-0.39, 0.29) is 6.04 Å². The predicted octanol–water partition coefficient (Wildman–Crippen LogP) is 12.5. The quantitative estimate of drug-likeness (QED) is 0.145. The molecule has 0 saturated carbocycles. The Morgan fingerprint density at radius 2 is 1.65 bits per heavy atom. The topological polar surface area (TPSA) is 40.4 Å². The number of hydrogen-bond donors (Lipinski definition) is 2. The predicted molar refractivity (Wildman–Crippen MR) is 221 cm³/mol. The minimum Gasteiger partial charge on any atom is -0.456 e. The Morgan fingerprint density at radius 3 is 2.39 bits per heavy atom. The zero-order chi connectivity index (χ0) is 35.9. The van der Waals surface area contributed by atoms with Gasteiger partial charge in [-0.25, -0.2) is 0 Å². The first-order chi connectivity index (χ1) is 24.9. The van der Waals surface area contributed by atoms with E-state index in [0.29, 0.717) is 0 Å². The number of fused-ring (bicyclic) bond motifs is 4. The molecule has 0 amide bonds. The second-order valence-corrected chi connectivity index (χ2v) is 12.5. The Labute approximate surface area is 303 Å². The number of para-hydroxylation sites is 2. The lowest BCUT2D eigenvalue weighted by atomic mass is 9.90. The van der Waals surface area contributed by atoms with E-state index in [2.05, 4.69) is 140 Å². The first-order valence-corrected chi connectivity index (χ1v) is 17.8. The number of allylic oxidation sites excluding steroid dienone is 4. The monoisotopic (exact) mass is 669 g/mol. The largest absolute Gasteiger partial charge is 0.456 e. The fourth-order valence-corrected chi connectivity index (χ4v) is 6.74. The molecule has 1 aliphatic carbocycles. The van der Waals surface area contributed by atoms with Crippen molar-refractivity contribution in [3.63, 3.8) is 0 Å². The molecule has 0 bridgehead atoms. The first kappa shape index (κ1) is 34.8. The Morgan fingerprint density at radius 1 is 0.922 bits per heavy atom. The number of nitrogens with zero attached hydrogens (tertiary/aromatic N) is 1. The summed E-state index contributed by atoms with van der Waals surface area (Å²) in [5.41, 5.74) is 13.3. The number of nitrogens with one attached hydrogen (secondary N) is 2. The molecule has 1 unspecified atom stereocenters. The molecule has 2 heterocycles. The van der Waals surface area contributed by atoms with Gasteiger partial charge in [-0.05, 0) is 71.9 Å². The lowest BCUT2D eigenvalue weighted by Gasteiger charge is -2.26. The zero-order valence-electron chi connectivity index (χ0n) is 30.0. The summed E-state index contributed by atoms with van der Waals surface area (Å²) in [5, 5.41) is 8.16. The van der Waals surface area contributed by atoms with E-state index in [9.17, 15) is 0 Å². The van der Waals surface area contributed by atoms with Crippen LogP contribution in [0.1, 0.15) is 50.0 Å². The van der Waals surface area contributed by atoms with Gasteiger partial charge in [0.25, 0.3) is 0 Å². The van der Waals surface area contributed by atoms with Crippen molar-refractivity contribution in [1.29, 1.82) is 0 Å². The molecule has 0 radical (unpaired) electrons. The molecule has 256 valence electrons. The Hall–Kier alpha value is -6.00. The van der Waals surface area contributed by atoms with Crippen molar-refractivity contribution in [3.8, 4) is 22.3 Å². The standard InChI is InChI=1S/C45H41N3O.C2H6/c1-6-15-35(7-2)46-31(4)41-29-44-45(38-19-12-14-21-43(38)49-44)30(3)39-28-34(26-27-40(39)47-41)32-22-24-33(25-23-32)37-18-11-13-20-42(37)48(5)36-16-9-8-10-17-36;1-2/h6-9,11-14,16,18-29,35,46-47H,1-4,10,15,17H2,5H3;1-2H3/b41-29-;. The van der Waals surface area contributed by atoms with Gasteiger partial charge in [-0.2, -0.15) is 0 Å². The third-order valence-electron chi connectivity index (χ3n) is 9.42. The van der Waals surface area contributed by atoms with Gasteiger partial charge >= 0.3 is 0 Å². The normalized spacial score (nSPS) is 14.8. The SMILES string of the molecule is C=CCC(C=C)NC(=C)/C1=C/c2oc3ccccc3c2C(=C)c2cc(-c3ccc(-c4ccccc4N(C)C4=CC=CCC4)cc3)ccc2N1.CC. The van der Waals surface area contributed by atoms with E-state index < -0.39 is 0 Å². The van der Waals surface area contributed by atoms with Gasteiger partial charge in [0.05, 0.1) is 11.4 Å². The summed E-state index contributed by atoms with van der Waals surface area (Å²) >= 11 is 0. The Kier molecular flexibility index (Phi) is 10.7. The summed E-state index contributed by atoms with van der Waals surface area (Å²) in [5.74, 6) is 0.736. The van der Waals surface area contributed by atoms with Crippen molar-refractivity contribution in [1.82, 2.24) is 5.32 Å². The van der Waals surface area contributed by atoms with Gasteiger partial charge in [0.1, 0.15) is 11.3 Å². The Bertz CT molecular complexity index is 2190. The minimum atomic E-state index is 0.00179. The molecule has 2 N–H and O–H groups in total. The average molecular weight is 670 g/mol. The fourth-order valence-electron chi connectivity index (χ4n) is 6.74. The van der Waals surface area contributed by atoms with Gasteiger partial charge in [-0.3, -0.25) is 0 Å². The van der Waals surface area contributed by atoms with Crippen LogP contribution in [0.2, 0.25) is 0 Å². The van der Waals surface area contributed by atoms with Crippen LogP contribution < -0.4 is 15.5 Å². The first-order valence-electron chi connectivity index (χ1n) is 17.8. The maximum Gasteiger partial charge on any atom is 0.138 e. The van der Waals surface area contributed by atoms with Crippen molar-refractivity contribution in [2.24, 2.45) is 0 Å². The highest BCUT2D eigenvalue weighted by Crippen LogP contribution is 2.42. The lowest BCUT2D eigenvalue weighted by Crippen LogP contribution is -2.28. The van der Waals surface area contributed by atoms with Gasteiger partial charge in [-0.1, -0.05) is 118 Å². The van der Waals surface area contributed by atoms with Crippen molar-refractivity contribution in [2.75, 3.05) is 17.3 Å². The molecule has 1 aliphatic heterocycles. The third kappa shape index (κ3) is 7.18. The second-order valence-electron chi connectivity index (χ2n) is 12.5. The highest BCUT2D eigenvalue weighted by atomic mass is 16.3. The fraction of sp³-hybridized carbons (Fsp3) is 0.149. The molecule has 4 aromatic carbocycles. The Balaban J connectivity index is 0.00000220. The zero-order valence-corrected chi connectivity index (χ0v) is 30.0. The van der Waals surface area contributed by atoms with Gasteiger partial charge in [0.2, 0.25) is 0 Å². The molecule has 2 aliphatic rings. The average Bonchev–Trinajstić information content (AvgIpc) is 3.55. The van der Waals surface area contributed by atoms with E-state index in [1.54, 1.807) is 0 Å². The summed E-state index contributed by atoms with van der Waals surface area (Å²) in [7, 11) is 2.16. The van der Waals surface area contributed by atoms with Crippen LogP contribution in [0.25, 0.3) is 44.9 Å². The van der Waals surface area contributed by atoms with Crippen LogP contribution >= 0.6 is 0 Å². The van der Waals surface area contributed by atoms with E-state index in [4.69, 9.17) is 4.42 Å². The molecule has 1 atom stereocenters. The second kappa shape index (κ2) is 15.7. The molecule has 7 rings (SSSR count). The maximum atomic E-state index is 6.41. The van der Waals surface area contributed by atoms with Crippen LogP contribution in [-0.4, -0.2) is 13.1 Å². The van der Waals surface area contributed by atoms with Crippen LogP contribution in [0.5, 0.6) is 0 Å². The van der Waals surface area contributed by atoms with Crippen LogP contribution in [0.4, 0.5) is 11.4 Å². The minimum absolute atomic E-state index is 0.00179. The van der Waals surface area contributed by atoms with E-state index in [1.807, 2.05) is 50.3 Å². The van der Waals surface area contributed by atoms with Crippen LogP contribution in [-0.2, 0) is 0 Å². The summed E-state index contributed by atoms with van der Waals surface area (Å²) in [6.07, 6.45) is 15.2. The smallest absolute Gasteiger partial charge is 0.138 e. The van der Waals surface area contributed by atoms with Gasteiger partial charge in [0, 0.05) is 58.3 Å². The van der Waals surface area contributed by atoms with Crippen molar-refractivity contribution in [2.45, 2.75) is 39.2 Å². The molecule has 0 saturated heterocycles. The molecule has 0 fully saturated rings. The molecule has 1 aromatic heterocycles. The van der Waals surface area contributed by atoms with E-state index >= 15 is 0 Å². The third-order valence-corrected chi connectivity index (χ3v) is 9.42. The highest BCUT2D eigenvalue weighted by Gasteiger charge is 2.23. The molecule has 0 spiro atoms. The molecule has 5 aromatic rings. The van der Waals surface area contributed by atoms with Crippen molar-refractivity contribution < 1.29 is 4.42 Å². The van der Waals surface area contributed by atoms with Crippen LogP contribution in [0.3, 0.4) is 0 Å². The number of anilines is 2. The van der Waals surface area contributed by atoms with Crippen molar-refractivity contribution in [3.05, 3.63) is 182 Å². The summed E-state index contributed by atoms with van der Waals surface area (Å²) in [6.45, 7) is 20.9. The van der Waals surface area contributed by atoms with Gasteiger partial charge < -0.3 is 20.0 Å². The van der Waals surface area contributed by atoms with Crippen LogP contribution in [0.15, 0.2) is 169 Å². The molecule has 4 nitrogen and oxygen atoms in total. The molecular weight excluding hydrogens is 623 g/mol. The highest BCUT2D eigenvalue weighted by molar-refractivity contribution is 6.02. The number of hydrogen-bond acceptors (Lipinski definition) is 4. The van der Waals surface area contributed by atoms with E-state index in [0.717, 1.165) is 80.9 Å². The number of benzene rings is 4. The summed E-state index contributed by atoms with van der Waals surface area (Å²) < 4.78 is 6.41. The molecule has 4 heteroatoms. The van der Waals surface area contributed by atoms with E-state index in [1.165, 1.54) is 22.5 Å². The maximum absolute atomic E-state index is 6.41. The molecule has 51 heavy (non-hydrogen) atoms. The van der Waals surface area contributed by atoms with Crippen molar-refractivity contribution >= 4 is 34.0 Å². The van der Waals surface area contributed by atoms with Crippen LogP contribution in [0, 0.1) is 0 Å². The summed E-state index contributed by atoms with van der Waals surface area (Å²) in [4.78, 5) is 2.32. The molecular formula is C47H47N3O. The van der Waals surface area contributed by atoms with Gasteiger partial charge in [-0.15, -0.1) is 13.2 Å². The number of rotatable bonds is 10. The van der Waals surface area contributed by atoms with Gasteiger partial charge in [0.15, 0.2) is 0 Å².